The standard InChI is InChI=1S/C19H17NO4S/c1-3-11-9-14(19(23)24-4-2)18(25-11)20-10-15-16(21)12-7-5-6-8-13(12)17(15)22/h5-10,21H,3-4H2,1-2H3. The number of aryl methyl sites for hydroxylation is 1. The molecule has 0 saturated heterocycles. The summed E-state index contributed by atoms with van der Waals surface area (Å²) >= 11 is 1.37. The average molecular weight is 355 g/mol. The van der Waals surface area contributed by atoms with Gasteiger partial charge in [-0.25, -0.2) is 9.79 Å². The molecule has 0 fully saturated rings. The number of aliphatic hydroxyl groups is 1. The fourth-order valence-corrected chi connectivity index (χ4v) is 3.51. The van der Waals surface area contributed by atoms with Gasteiger partial charge in [-0.2, -0.15) is 0 Å². The van der Waals surface area contributed by atoms with Crippen molar-refractivity contribution in [1.82, 2.24) is 0 Å². The van der Waals surface area contributed by atoms with Crippen LogP contribution in [0.4, 0.5) is 5.00 Å². The number of fused-ring (bicyclic) bond motifs is 1. The number of aliphatic imine (C=N–C) groups is 1. The van der Waals surface area contributed by atoms with Crippen molar-refractivity contribution in [2.75, 3.05) is 6.61 Å². The van der Waals surface area contributed by atoms with Crippen molar-refractivity contribution in [3.8, 4) is 0 Å². The van der Waals surface area contributed by atoms with Crippen LogP contribution in [-0.2, 0) is 11.2 Å². The molecule has 0 spiro atoms. The van der Waals surface area contributed by atoms with E-state index >= 15 is 0 Å². The third-order valence-corrected chi connectivity index (χ3v) is 5.03. The van der Waals surface area contributed by atoms with E-state index in [-0.39, 0.29) is 23.7 Å². The Hall–Kier alpha value is -2.73. The van der Waals surface area contributed by atoms with Gasteiger partial charge in [-0.15, -0.1) is 11.3 Å². The Labute approximate surface area is 149 Å². The molecule has 0 amide bonds. The summed E-state index contributed by atoms with van der Waals surface area (Å²) in [4.78, 5) is 29.8. The van der Waals surface area contributed by atoms with Gasteiger partial charge in [0.2, 0.25) is 0 Å². The molecular weight excluding hydrogens is 338 g/mol. The van der Waals surface area contributed by atoms with Crippen LogP contribution in [0, 0.1) is 0 Å². The van der Waals surface area contributed by atoms with Gasteiger partial charge >= 0.3 is 5.97 Å². The van der Waals surface area contributed by atoms with E-state index in [1.807, 2.05) is 6.92 Å². The summed E-state index contributed by atoms with van der Waals surface area (Å²) in [6, 6.07) is 8.62. The van der Waals surface area contributed by atoms with Gasteiger partial charge in [0.05, 0.1) is 17.7 Å². The second kappa shape index (κ2) is 7.03. The van der Waals surface area contributed by atoms with Crippen molar-refractivity contribution in [3.63, 3.8) is 0 Å². The monoisotopic (exact) mass is 355 g/mol. The zero-order chi connectivity index (χ0) is 18.0. The number of thiophene rings is 1. The van der Waals surface area contributed by atoms with Crippen LogP contribution in [0.25, 0.3) is 5.76 Å². The highest BCUT2D eigenvalue weighted by Gasteiger charge is 2.28. The number of rotatable bonds is 5. The van der Waals surface area contributed by atoms with Crippen molar-refractivity contribution < 1.29 is 19.4 Å². The molecule has 2 aromatic rings. The lowest BCUT2D eigenvalue weighted by atomic mass is 10.1. The van der Waals surface area contributed by atoms with Crippen LogP contribution in [0.5, 0.6) is 0 Å². The van der Waals surface area contributed by atoms with Crippen LogP contribution in [0.2, 0.25) is 0 Å². The number of Topliss-reactive ketones (excluding diaryl/α,β-unsaturated/α-hetero) is 1. The van der Waals surface area contributed by atoms with Crippen LogP contribution < -0.4 is 0 Å². The maximum absolute atomic E-state index is 12.4. The first kappa shape index (κ1) is 17.1. The van der Waals surface area contributed by atoms with Crippen LogP contribution in [0.15, 0.2) is 40.9 Å². The summed E-state index contributed by atoms with van der Waals surface area (Å²) in [5.74, 6) is -0.805. The van der Waals surface area contributed by atoms with Crippen molar-refractivity contribution >= 4 is 40.1 Å². The Bertz CT molecular complexity index is 908. The molecule has 5 nitrogen and oxygen atoms in total. The summed E-state index contributed by atoms with van der Waals surface area (Å²) in [5.41, 5.74) is 1.46. The van der Waals surface area contributed by atoms with Gasteiger partial charge in [0.15, 0.2) is 5.78 Å². The maximum atomic E-state index is 12.4. The van der Waals surface area contributed by atoms with E-state index in [9.17, 15) is 14.7 Å². The molecular formula is C19H17NO4S. The molecule has 1 aromatic carbocycles. The van der Waals surface area contributed by atoms with Gasteiger partial charge in [-0.1, -0.05) is 31.2 Å². The molecule has 25 heavy (non-hydrogen) atoms. The number of hydrogen-bond donors (Lipinski definition) is 1. The number of carbonyl (C=O) groups excluding carboxylic acids is 2. The highest BCUT2D eigenvalue weighted by molar-refractivity contribution is 7.16. The fourth-order valence-electron chi connectivity index (χ4n) is 2.58. The molecule has 0 atom stereocenters. The molecule has 6 heteroatoms. The Balaban J connectivity index is 1.96. The highest BCUT2D eigenvalue weighted by atomic mass is 32.1. The lowest BCUT2D eigenvalue weighted by Gasteiger charge is -2.00. The molecule has 0 aliphatic heterocycles. The van der Waals surface area contributed by atoms with Gasteiger partial charge in [0.25, 0.3) is 0 Å². The predicted molar refractivity (Wildman–Crippen MR) is 98.1 cm³/mol. The summed E-state index contributed by atoms with van der Waals surface area (Å²) in [5, 5.41) is 10.8. The molecule has 1 heterocycles. The SMILES string of the molecule is CCOC(=O)c1cc(CC)sc1N=CC1=C(O)c2ccccc2C1=O. The normalized spacial score (nSPS) is 13.6. The zero-order valence-electron chi connectivity index (χ0n) is 13.9. The number of esters is 1. The largest absolute Gasteiger partial charge is 0.506 e. The highest BCUT2D eigenvalue weighted by Crippen LogP contribution is 2.34. The van der Waals surface area contributed by atoms with Crippen molar-refractivity contribution in [2.24, 2.45) is 4.99 Å². The number of benzene rings is 1. The summed E-state index contributed by atoms with van der Waals surface area (Å²) in [7, 11) is 0. The number of ketones is 1. The second-order valence-corrected chi connectivity index (χ2v) is 6.52. The van der Waals surface area contributed by atoms with Crippen LogP contribution in [0.3, 0.4) is 0 Å². The molecule has 0 radical (unpaired) electrons. The van der Waals surface area contributed by atoms with E-state index in [1.54, 1.807) is 37.3 Å². The second-order valence-electron chi connectivity index (χ2n) is 5.40. The van der Waals surface area contributed by atoms with Crippen LogP contribution in [0.1, 0.15) is 45.0 Å². The Morgan fingerprint density at radius 3 is 2.64 bits per heavy atom. The van der Waals surface area contributed by atoms with Gasteiger partial charge in [0, 0.05) is 22.2 Å². The third kappa shape index (κ3) is 3.13. The lowest BCUT2D eigenvalue weighted by molar-refractivity contribution is 0.0527. The van der Waals surface area contributed by atoms with Crippen molar-refractivity contribution in [3.05, 3.63) is 57.5 Å². The van der Waals surface area contributed by atoms with E-state index < -0.39 is 5.97 Å². The molecule has 0 saturated carbocycles. The minimum atomic E-state index is -0.440. The first-order chi connectivity index (χ1) is 12.1. The van der Waals surface area contributed by atoms with Crippen molar-refractivity contribution in [1.29, 1.82) is 0 Å². The quantitative estimate of drug-likeness (QED) is 0.639. The molecule has 0 bridgehead atoms. The molecule has 0 unspecified atom stereocenters. The third-order valence-electron chi connectivity index (χ3n) is 3.84. The van der Waals surface area contributed by atoms with E-state index in [4.69, 9.17) is 4.74 Å². The molecule has 128 valence electrons. The number of aliphatic hydroxyl groups excluding tert-OH is 1. The molecule has 3 rings (SSSR count). The Kier molecular flexibility index (Phi) is 4.81. The number of allylic oxidation sites excluding steroid dienone is 1. The molecule has 1 aliphatic rings. The molecule has 1 N–H and O–H groups in total. The van der Waals surface area contributed by atoms with E-state index in [1.165, 1.54) is 17.6 Å². The van der Waals surface area contributed by atoms with E-state index in [2.05, 4.69) is 4.99 Å². The number of hydrogen-bond acceptors (Lipinski definition) is 6. The van der Waals surface area contributed by atoms with Gasteiger partial charge in [-0.3, -0.25) is 4.79 Å². The predicted octanol–water partition coefficient (Wildman–Crippen LogP) is 4.36. The number of ether oxygens (including phenoxy) is 1. The zero-order valence-corrected chi connectivity index (χ0v) is 14.7. The lowest BCUT2D eigenvalue weighted by Crippen LogP contribution is -2.03. The first-order valence-electron chi connectivity index (χ1n) is 7.98. The number of nitrogens with zero attached hydrogens (tertiary/aromatic N) is 1. The smallest absolute Gasteiger partial charge is 0.341 e. The Morgan fingerprint density at radius 2 is 2.00 bits per heavy atom. The van der Waals surface area contributed by atoms with Gasteiger partial charge in [0.1, 0.15) is 10.8 Å². The fraction of sp³-hybridized carbons (Fsp3) is 0.211. The minimum absolute atomic E-state index is 0.0886. The Morgan fingerprint density at radius 1 is 1.28 bits per heavy atom. The summed E-state index contributed by atoms with van der Waals surface area (Å²) in [6.07, 6.45) is 2.09. The maximum Gasteiger partial charge on any atom is 0.341 e. The number of carbonyl (C=O) groups is 2. The topological polar surface area (TPSA) is 76.0 Å². The van der Waals surface area contributed by atoms with Gasteiger partial charge in [-0.05, 0) is 19.4 Å². The van der Waals surface area contributed by atoms with E-state index in [0.717, 1.165) is 11.3 Å². The summed E-state index contributed by atoms with van der Waals surface area (Å²) < 4.78 is 5.06. The van der Waals surface area contributed by atoms with Crippen LogP contribution >= 0.6 is 11.3 Å². The van der Waals surface area contributed by atoms with Crippen LogP contribution in [-0.4, -0.2) is 29.7 Å². The van der Waals surface area contributed by atoms with Crippen molar-refractivity contribution in [2.45, 2.75) is 20.3 Å². The average Bonchev–Trinajstić information content (AvgIpc) is 3.14. The summed E-state index contributed by atoms with van der Waals surface area (Å²) in [6.45, 7) is 4.00. The van der Waals surface area contributed by atoms with Gasteiger partial charge < -0.3 is 9.84 Å². The minimum Gasteiger partial charge on any atom is -0.506 e. The van der Waals surface area contributed by atoms with E-state index in [0.29, 0.717) is 21.7 Å². The molecule has 1 aliphatic carbocycles. The molecule has 1 aromatic heterocycles. The first-order valence-corrected chi connectivity index (χ1v) is 8.79.